The molecule has 32 heavy (non-hydrogen) atoms. The van der Waals surface area contributed by atoms with Gasteiger partial charge in [0.25, 0.3) is 11.8 Å². The highest BCUT2D eigenvalue weighted by atomic mass is 32.3. The van der Waals surface area contributed by atoms with Crippen molar-refractivity contribution in [3.63, 3.8) is 0 Å². The van der Waals surface area contributed by atoms with Crippen LogP contribution in [0.3, 0.4) is 0 Å². The van der Waals surface area contributed by atoms with Gasteiger partial charge in [0, 0.05) is 13.1 Å². The van der Waals surface area contributed by atoms with Crippen LogP contribution in [0.25, 0.3) is 0 Å². The first-order chi connectivity index (χ1) is 14.3. The Labute approximate surface area is 174 Å². The van der Waals surface area contributed by atoms with Crippen LogP contribution in [0.1, 0.15) is 12.8 Å². The molecule has 0 saturated heterocycles. The highest BCUT2D eigenvalue weighted by Crippen LogP contribution is 2.31. The first kappa shape index (κ1) is 29.6. The number of alkyl halides is 6. The summed E-state index contributed by atoms with van der Waals surface area (Å²) < 4.78 is 145. The van der Waals surface area contributed by atoms with E-state index in [1.165, 1.54) is 0 Å². The van der Waals surface area contributed by atoms with Crippen molar-refractivity contribution in [2.24, 2.45) is 0 Å². The van der Waals surface area contributed by atoms with Crippen LogP contribution in [0, 0.1) is 0 Å². The lowest BCUT2D eigenvalue weighted by Gasteiger charge is -2.26. The second-order valence-electron chi connectivity index (χ2n) is 5.58. The van der Waals surface area contributed by atoms with Crippen molar-refractivity contribution in [1.29, 1.82) is 0 Å². The number of carbonyl (C=O) groups is 4. The Morgan fingerprint density at radius 2 is 0.906 bits per heavy atom. The average molecular weight is 528 g/mol. The zero-order chi connectivity index (χ0) is 25.7. The van der Waals surface area contributed by atoms with Gasteiger partial charge in [0.2, 0.25) is 0 Å². The van der Waals surface area contributed by atoms with E-state index in [2.05, 4.69) is 0 Å². The van der Waals surface area contributed by atoms with E-state index in [-0.39, 0.29) is 4.90 Å². The molecule has 0 fully saturated rings. The minimum Gasteiger partial charge on any atom is -0.278 e. The molecule has 0 radical (unpaired) electrons. The molecular weight excluding hydrogens is 516 g/mol. The predicted molar refractivity (Wildman–Crippen MR) is 84.6 cm³/mol. The summed E-state index contributed by atoms with van der Waals surface area (Å²) in [4.78, 5) is 43.9. The molecule has 20 heteroatoms. The van der Waals surface area contributed by atoms with E-state index in [0.717, 1.165) is 0 Å². The number of unbranched alkanes of at least 4 members (excludes halogenated alkanes) is 1. The van der Waals surface area contributed by atoms with Crippen LogP contribution >= 0.6 is 0 Å². The monoisotopic (exact) mass is 528 g/mol. The smallest absolute Gasteiger partial charge is 0.278 e. The van der Waals surface area contributed by atoms with Gasteiger partial charge in [-0.3, -0.25) is 29.0 Å². The number of imide groups is 2. The minimum atomic E-state index is -7.18. The van der Waals surface area contributed by atoms with Crippen molar-refractivity contribution >= 4 is 44.1 Å². The van der Waals surface area contributed by atoms with Gasteiger partial charge in [-0.15, -0.1) is 0 Å². The van der Waals surface area contributed by atoms with Gasteiger partial charge in [-0.05, 0) is 12.8 Å². The van der Waals surface area contributed by atoms with Crippen molar-refractivity contribution in [2.45, 2.75) is 23.4 Å². The van der Waals surface area contributed by atoms with E-state index in [0.29, 0.717) is 0 Å². The Morgan fingerprint density at radius 1 is 0.625 bits per heavy atom. The van der Waals surface area contributed by atoms with E-state index < -0.39 is 98.8 Å². The van der Waals surface area contributed by atoms with Gasteiger partial charge < -0.3 is 0 Å². The normalized spacial score (nSPS) is 12.9. The molecule has 0 spiro atoms. The van der Waals surface area contributed by atoms with Crippen LogP contribution in [0.4, 0.5) is 34.1 Å². The van der Waals surface area contributed by atoms with E-state index in [1.54, 1.807) is 0 Å². The maximum atomic E-state index is 13.4. The molecule has 0 saturated carbocycles. The molecule has 0 rings (SSSR count). The standard InChI is InChI=1S/C12H12F8N2O8S2/c13-5-7(23)21(8(24)6-14)3-1-2-4-22(9(25)11(15,16)31(19,27)28)10(26)12(17,18)32(20,29)30/h1-6H2. The molecule has 0 aliphatic carbocycles. The van der Waals surface area contributed by atoms with Gasteiger partial charge in [-0.1, -0.05) is 7.77 Å². The minimum absolute atomic E-state index is 0.0603. The fraction of sp³-hybridized carbons (Fsp3) is 0.667. The van der Waals surface area contributed by atoms with Crippen molar-refractivity contribution in [1.82, 2.24) is 9.80 Å². The van der Waals surface area contributed by atoms with E-state index in [1.807, 2.05) is 0 Å². The Hall–Kier alpha value is -2.38. The van der Waals surface area contributed by atoms with Gasteiger partial charge in [0.1, 0.15) is 0 Å². The van der Waals surface area contributed by atoms with E-state index >= 15 is 0 Å². The van der Waals surface area contributed by atoms with Crippen LogP contribution in [-0.2, 0) is 39.6 Å². The number of rotatable bonds is 11. The summed E-state index contributed by atoms with van der Waals surface area (Å²) in [5, 5.41) is -12.4. The van der Waals surface area contributed by atoms with Crippen LogP contribution in [0.2, 0.25) is 0 Å². The molecular formula is C12H12F8N2O8S2. The lowest BCUT2D eigenvalue weighted by molar-refractivity contribution is -0.164. The molecule has 186 valence electrons. The van der Waals surface area contributed by atoms with Gasteiger partial charge in [0.15, 0.2) is 13.3 Å². The van der Waals surface area contributed by atoms with Gasteiger partial charge in [-0.25, -0.2) is 8.78 Å². The highest BCUT2D eigenvalue weighted by Gasteiger charge is 2.62. The zero-order valence-electron chi connectivity index (χ0n) is 15.2. The van der Waals surface area contributed by atoms with Crippen molar-refractivity contribution in [2.75, 3.05) is 26.4 Å². The maximum Gasteiger partial charge on any atom is 0.451 e. The molecule has 0 aromatic carbocycles. The molecule has 0 unspecified atom stereocenters. The summed E-state index contributed by atoms with van der Waals surface area (Å²) >= 11 is 0. The summed E-state index contributed by atoms with van der Waals surface area (Å²) in [5.41, 5.74) is 0. The molecule has 0 aromatic rings. The van der Waals surface area contributed by atoms with Crippen LogP contribution in [0.15, 0.2) is 0 Å². The lowest BCUT2D eigenvalue weighted by Crippen LogP contribution is -2.55. The molecule has 0 N–H and O–H groups in total. The molecule has 10 nitrogen and oxygen atoms in total. The topological polar surface area (TPSA) is 143 Å². The molecule has 0 aromatic heterocycles. The van der Waals surface area contributed by atoms with Gasteiger partial charge >= 0.3 is 42.8 Å². The largest absolute Gasteiger partial charge is 0.451 e. The second kappa shape index (κ2) is 10.5. The molecule has 0 bridgehead atoms. The summed E-state index contributed by atoms with van der Waals surface area (Å²) in [5.74, 6) is -10.2. The number of nitrogens with zero attached hydrogens (tertiary/aromatic N) is 2. The second-order valence-corrected chi connectivity index (χ2v) is 8.36. The fourth-order valence-electron chi connectivity index (χ4n) is 1.89. The summed E-state index contributed by atoms with van der Waals surface area (Å²) in [6.45, 7) is -6.29. The number of hydrogen-bond donors (Lipinski definition) is 0. The van der Waals surface area contributed by atoms with Crippen LogP contribution < -0.4 is 0 Å². The summed E-state index contributed by atoms with van der Waals surface area (Å²) in [6, 6.07) is 0. The molecule has 4 amide bonds. The Morgan fingerprint density at radius 3 is 1.16 bits per heavy atom. The molecule has 0 aliphatic rings. The van der Waals surface area contributed by atoms with Gasteiger partial charge in [-0.2, -0.15) is 34.4 Å². The molecule has 0 heterocycles. The average Bonchev–Trinajstić information content (AvgIpc) is 2.66. The highest BCUT2D eigenvalue weighted by molar-refractivity contribution is 7.88. The lowest BCUT2D eigenvalue weighted by atomic mass is 10.2. The molecule has 0 atom stereocenters. The third kappa shape index (κ3) is 6.56. The maximum absolute atomic E-state index is 13.4. The van der Waals surface area contributed by atoms with Crippen molar-refractivity contribution in [3.05, 3.63) is 0 Å². The third-order valence-corrected chi connectivity index (χ3v) is 5.02. The van der Waals surface area contributed by atoms with Crippen LogP contribution in [-0.4, -0.2) is 87.2 Å². The molecule has 0 aliphatic heterocycles. The summed E-state index contributed by atoms with van der Waals surface area (Å²) in [6.07, 6.45) is -1.78. The Balaban J connectivity index is 5.85. The fourth-order valence-corrected chi connectivity index (χ4v) is 2.53. The number of hydrogen-bond acceptors (Lipinski definition) is 8. The third-order valence-electron chi connectivity index (χ3n) is 3.44. The first-order valence-electron chi connectivity index (χ1n) is 7.72. The number of amides is 4. The SMILES string of the molecule is O=C(CF)N(CCCCN(C(=O)C(F)(F)S(=O)(=O)F)C(=O)C(F)(F)S(=O)(=O)F)C(=O)CF. The van der Waals surface area contributed by atoms with Crippen molar-refractivity contribution in [3.8, 4) is 0 Å². The number of halogens is 8. The van der Waals surface area contributed by atoms with Gasteiger partial charge in [0.05, 0.1) is 0 Å². The Kier molecular flexibility index (Phi) is 9.71. The first-order valence-corrected chi connectivity index (χ1v) is 10.5. The summed E-state index contributed by atoms with van der Waals surface area (Å²) in [7, 11) is -14.4. The van der Waals surface area contributed by atoms with E-state index in [9.17, 15) is 70.1 Å². The Bertz CT molecular complexity index is 898. The van der Waals surface area contributed by atoms with E-state index in [4.69, 9.17) is 0 Å². The quantitative estimate of drug-likeness (QED) is 0.210. The zero-order valence-corrected chi connectivity index (χ0v) is 16.9. The van der Waals surface area contributed by atoms with Crippen LogP contribution in [0.5, 0.6) is 0 Å². The predicted octanol–water partition coefficient (Wildman–Crippen LogP) is 0.200. The van der Waals surface area contributed by atoms with Crippen molar-refractivity contribution < 1.29 is 70.1 Å². The number of carbonyl (C=O) groups excluding carboxylic acids is 4.